The summed E-state index contributed by atoms with van der Waals surface area (Å²) in [7, 11) is 0. The summed E-state index contributed by atoms with van der Waals surface area (Å²) < 4.78 is 0. The summed E-state index contributed by atoms with van der Waals surface area (Å²) in [6.45, 7) is 16.8. The van der Waals surface area contributed by atoms with Gasteiger partial charge in [-0.2, -0.15) is 11.8 Å². The van der Waals surface area contributed by atoms with Crippen LogP contribution in [0.15, 0.2) is 17.5 Å². The van der Waals surface area contributed by atoms with Crippen LogP contribution in [0.25, 0.3) is 0 Å². The highest BCUT2D eigenvalue weighted by Crippen LogP contribution is 2.21. The number of carbonyl (C=O) groups excluding carboxylic acids is 15. The molecule has 27 N–H and O–H groups in total. The maximum atomic E-state index is 14.3. The van der Waals surface area contributed by atoms with Crippen LogP contribution < -0.4 is 97.8 Å². The van der Waals surface area contributed by atoms with E-state index in [9.17, 15) is 96.8 Å². The Morgan fingerprint density at radius 2 is 1.03 bits per heavy atom. The maximum absolute atomic E-state index is 14.3. The lowest BCUT2D eigenvalue weighted by molar-refractivity contribution is -0.143. The molecule has 2 rings (SSSR count). The standard InChI is InChI=1S/C74H128N22O20S/c1-13-41(10)59(71(113)89-49(73(115)116)19-16-27-81-74(78)79)95-67(109)52(35-97)92-65(107)50(30-37(2)3)90-63(105)46(21-23-54(77)98)86-62(104)47(22-24-56(100)101)87-68(110)53-20-17-28-96(53)72(114)42(11)84-55(99)34-82-61(103)45(18-14-15-26-75)85-64(106)48(25-29-117-12)88-69(111)58(40(8)9)94-66(108)51(31-38(4)5)91-70(112)57(39(6)7)93-60(102)44(76)32-43-33-80-36-83-43/h33,36-42,44-53,57-59,97H,13-32,34-35,75-76H2,1-12H3,(H2,77,98)(H,80,83)(H,82,103)(H,84,99)(H,85,106)(H,86,104)(H,87,110)(H,88,111)(H,89,113)(H,90,105)(H,91,112)(H,92,107)(H,93,102)(H,94,108)(H,95,109)(H,100,101)(H,115,116)(H4,78,79,81)/t41-,42-,44-,45-,46-,47-,48-,49-,50-,51-,52-,53-,57-,58-,59-/m0/s1. The van der Waals surface area contributed by atoms with Crippen molar-refractivity contribution in [2.24, 2.45) is 63.3 Å². The fourth-order valence-corrected chi connectivity index (χ4v) is 12.8. The van der Waals surface area contributed by atoms with Crippen molar-refractivity contribution in [1.82, 2.24) is 84.0 Å². The number of nitrogens with two attached hydrogens (primary N) is 5. The lowest BCUT2D eigenvalue weighted by Gasteiger charge is -2.30. The van der Waals surface area contributed by atoms with E-state index >= 15 is 0 Å². The number of nitrogens with one attached hydrogen (secondary N) is 14. The lowest BCUT2D eigenvalue weighted by atomic mass is 9.97. The fraction of sp³-hybridized carbons (Fsp3) is 0.716. The minimum Gasteiger partial charge on any atom is -0.481 e. The second-order valence-corrected chi connectivity index (χ2v) is 31.6. The number of aromatic amines is 1. The minimum atomic E-state index is -1.77. The molecule has 0 aliphatic carbocycles. The summed E-state index contributed by atoms with van der Waals surface area (Å²) in [5.41, 5.74) is 28.7. The van der Waals surface area contributed by atoms with Crippen molar-refractivity contribution in [3.63, 3.8) is 0 Å². The van der Waals surface area contributed by atoms with E-state index in [0.717, 1.165) is 4.90 Å². The number of aliphatic carboxylic acids is 2. The Kier molecular flexibility index (Phi) is 46.7. The molecule has 0 bridgehead atoms. The van der Waals surface area contributed by atoms with Gasteiger partial charge < -0.3 is 123 Å². The number of carbonyl (C=O) groups is 17. The zero-order chi connectivity index (χ0) is 88.5. The van der Waals surface area contributed by atoms with Crippen molar-refractivity contribution < 1.29 is 96.8 Å². The predicted octanol–water partition coefficient (Wildman–Crippen LogP) is -5.18. The van der Waals surface area contributed by atoms with Crippen LogP contribution in [0.5, 0.6) is 0 Å². The van der Waals surface area contributed by atoms with E-state index in [4.69, 9.17) is 28.7 Å². The number of H-pyrrole nitrogens is 1. The number of amides is 15. The Balaban J connectivity index is 2.30. The second-order valence-electron chi connectivity index (χ2n) is 30.6. The Morgan fingerprint density at radius 1 is 0.564 bits per heavy atom. The van der Waals surface area contributed by atoms with Gasteiger partial charge in [-0.05, 0) is 132 Å². The van der Waals surface area contributed by atoms with Crippen LogP contribution in [0, 0.1) is 29.6 Å². The molecular weight excluding hydrogens is 1550 g/mol. The molecule has 0 aromatic carbocycles. The number of carboxylic acid groups (broad SMARTS) is 2. The first kappa shape index (κ1) is 103. The molecule has 15 amide bonds. The molecule has 0 radical (unpaired) electrons. The summed E-state index contributed by atoms with van der Waals surface area (Å²) in [6, 6.07) is -19.4. The number of imidazole rings is 1. The summed E-state index contributed by atoms with van der Waals surface area (Å²) >= 11 is 1.36. The molecule has 0 saturated carbocycles. The molecule has 1 aliphatic heterocycles. The van der Waals surface area contributed by atoms with Gasteiger partial charge in [-0.3, -0.25) is 81.7 Å². The second kappa shape index (κ2) is 53.1. The zero-order valence-electron chi connectivity index (χ0n) is 69.1. The van der Waals surface area contributed by atoms with E-state index in [1.807, 2.05) is 13.8 Å². The maximum Gasteiger partial charge on any atom is 0.326 e. The van der Waals surface area contributed by atoms with Crippen LogP contribution in [0.1, 0.15) is 178 Å². The molecule has 15 atom stereocenters. The molecule has 1 aromatic rings. The van der Waals surface area contributed by atoms with Crippen molar-refractivity contribution >= 4 is 118 Å². The number of aliphatic hydroxyl groups is 1. The molecule has 1 fully saturated rings. The van der Waals surface area contributed by atoms with E-state index in [2.05, 4.69) is 84.1 Å². The molecule has 1 saturated heterocycles. The monoisotopic (exact) mass is 1680 g/mol. The molecule has 0 spiro atoms. The Morgan fingerprint density at radius 3 is 1.54 bits per heavy atom. The highest BCUT2D eigenvalue weighted by atomic mass is 32.2. The largest absolute Gasteiger partial charge is 0.481 e. The number of likely N-dealkylation sites (tertiary alicyclic amines) is 1. The van der Waals surface area contributed by atoms with E-state index < -0.39 is 242 Å². The summed E-state index contributed by atoms with van der Waals surface area (Å²) in [5, 5.41) is 63.1. The third-order valence-corrected chi connectivity index (χ3v) is 19.7. The van der Waals surface area contributed by atoms with Crippen LogP contribution in [-0.2, 0) is 87.9 Å². The highest BCUT2D eigenvalue weighted by Gasteiger charge is 2.41. The van der Waals surface area contributed by atoms with Gasteiger partial charge in [-0.25, -0.2) is 9.78 Å². The van der Waals surface area contributed by atoms with Gasteiger partial charge in [0.1, 0.15) is 78.5 Å². The van der Waals surface area contributed by atoms with E-state index in [1.165, 1.54) is 31.2 Å². The number of hydrogen-bond donors (Lipinski definition) is 22. The van der Waals surface area contributed by atoms with Gasteiger partial charge in [0.05, 0.1) is 25.5 Å². The molecule has 2 heterocycles. The summed E-state index contributed by atoms with van der Waals surface area (Å²) in [6.07, 6.45) is 3.85. The van der Waals surface area contributed by atoms with Crippen LogP contribution in [0.4, 0.5) is 0 Å². The van der Waals surface area contributed by atoms with Gasteiger partial charge >= 0.3 is 11.9 Å². The Bertz CT molecular complexity index is 3510. The first-order chi connectivity index (χ1) is 55.0. The Labute approximate surface area is 686 Å². The molecule has 43 heteroatoms. The van der Waals surface area contributed by atoms with E-state index in [0.29, 0.717) is 30.7 Å². The van der Waals surface area contributed by atoms with Crippen molar-refractivity contribution in [1.29, 1.82) is 0 Å². The number of unbranched alkanes of at least 4 members (excludes halogenated alkanes) is 1. The third kappa shape index (κ3) is 37.7. The number of primary amides is 1. The number of carboxylic acids is 2. The number of aliphatic hydroxyl groups excluding tert-OH is 1. The van der Waals surface area contributed by atoms with Crippen molar-refractivity contribution in [3.05, 3.63) is 18.2 Å². The number of aromatic nitrogens is 2. The average molecular weight is 1680 g/mol. The molecule has 0 unspecified atom stereocenters. The molecular formula is C74H128N22O20S. The topological polar surface area (TPSA) is 682 Å². The average Bonchev–Trinajstić information content (AvgIpc) is 1.75. The molecule has 660 valence electrons. The number of thioether (sulfide) groups is 1. The van der Waals surface area contributed by atoms with Gasteiger partial charge in [0.25, 0.3) is 0 Å². The fourth-order valence-electron chi connectivity index (χ4n) is 12.3. The molecule has 1 aromatic heterocycles. The van der Waals surface area contributed by atoms with Crippen LogP contribution >= 0.6 is 11.8 Å². The van der Waals surface area contributed by atoms with E-state index in [-0.39, 0.29) is 95.2 Å². The van der Waals surface area contributed by atoms with Crippen LogP contribution in [-0.4, -0.2) is 266 Å². The van der Waals surface area contributed by atoms with Crippen molar-refractivity contribution in [2.75, 3.05) is 44.8 Å². The smallest absolute Gasteiger partial charge is 0.326 e. The lowest BCUT2D eigenvalue weighted by Crippen LogP contribution is -2.61. The molecule has 117 heavy (non-hydrogen) atoms. The quantitative estimate of drug-likeness (QED) is 0.0165. The summed E-state index contributed by atoms with van der Waals surface area (Å²) in [5.74, 6) is -18.1. The van der Waals surface area contributed by atoms with Gasteiger partial charge in [-0.15, -0.1) is 0 Å². The SMILES string of the molecule is CC[C@H](C)[C@H](NC(=O)[C@H](CO)NC(=O)[C@H](CC(C)C)NC(=O)[C@H](CCC(N)=O)NC(=O)[C@H](CCC(=O)O)NC(=O)[C@@H]1CCCN1C(=O)[C@H](C)NC(=O)CNC(=O)[C@H](CCCCN)NC(=O)[C@H](CCSC)NC(=O)[C@@H](NC(=O)[C@H](CC(C)C)NC(=O)[C@@H](NC(=O)[C@@H](N)Cc1cnc[nH]1)C(C)C)C(C)C)C(=O)N[C@@H](CCCN=C(N)N)C(=O)O. The first-order valence-corrected chi connectivity index (χ1v) is 40.9. The van der Waals surface area contributed by atoms with Gasteiger partial charge in [-0.1, -0.05) is 75.7 Å². The number of nitrogens with zero attached hydrogens (tertiary/aromatic N) is 3. The first-order valence-electron chi connectivity index (χ1n) is 39.5. The van der Waals surface area contributed by atoms with Crippen LogP contribution in [0.3, 0.4) is 0 Å². The Hall–Kier alpha value is -10.3. The predicted molar refractivity (Wildman–Crippen MR) is 431 cm³/mol. The number of aliphatic imine (C=N–C) groups is 1. The number of rotatable bonds is 56. The van der Waals surface area contributed by atoms with E-state index in [1.54, 1.807) is 61.6 Å². The normalized spacial score (nSPS) is 16.2. The highest BCUT2D eigenvalue weighted by molar-refractivity contribution is 7.98. The number of hydrogen-bond acceptors (Lipinski definition) is 23. The third-order valence-electron chi connectivity index (χ3n) is 19.1. The van der Waals surface area contributed by atoms with Crippen LogP contribution in [0.2, 0.25) is 0 Å². The van der Waals surface area contributed by atoms with Gasteiger partial charge in [0.2, 0.25) is 88.6 Å². The minimum absolute atomic E-state index is 0.0109. The molecule has 1 aliphatic rings. The van der Waals surface area contributed by atoms with Gasteiger partial charge in [0, 0.05) is 44.2 Å². The summed E-state index contributed by atoms with van der Waals surface area (Å²) in [4.78, 5) is 244. The molecule has 42 nitrogen and oxygen atoms in total. The number of guanidine groups is 1. The van der Waals surface area contributed by atoms with Crippen molar-refractivity contribution in [3.8, 4) is 0 Å². The zero-order valence-corrected chi connectivity index (χ0v) is 69.9. The van der Waals surface area contributed by atoms with Gasteiger partial charge in [0.15, 0.2) is 5.96 Å². The van der Waals surface area contributed by atoms with Crippen molar-refractivity contribution in [2.45, 2.75) is 263 Å².